The molecule has 1 heterocycles. The Morgan fingerprint density at radius 3 is 2.53 bits per heavy atom. The highest BCUT2D eigenvalue weighted by Crippen LogP contribution is 2.30. The zero-order valence-corrected chi connectivity index (χ0v) is 17.9. The van der Waals surface area contributed by atoms with Gasteiger partial charge in [-0.25, -0.2) is 9.78 Å². The van der Waals surface area contributed by atoms with E-state index >= 15 is 0 Å². The highest BCUT2D eigenvalue weighted by molar-refractivity contribution is 5.93. The summed E-state index contributed by atoms with van der Waals surface area (Å²) in [6.07, 6.45) is 0. The fourth-order valence-corrected chi connectivity index (χ4v) is 3.51. The first-order valence-corrected chi connectivity index (χ1v) is 10.2. The van der Waals surface area contributed by atoms with Gasteiger partial charge in [-0.15, -0.1) is 0 Å². The summed E-state index contributed by atoms with van der Waals surface area (Å²) < 4.78 is 17.0. The van der Waals surface area contributed by atoms with Gasteiger partial charge >= 0.3 is 5.97 Å². The second-order valence-electron chi connectivity index (χ2n) is 7.29. The molecule has 1 aromatic heterocycles. The Labute approximate surface area is 186 Å². The molecule has 0 fully saturated rings. The zero-order chi connectivity index (χ0) is 22.5. The van der Waals surface area contributed by atoms with Crippen molar-refractivity contribution in [2.24, 2.45) is 0 Å². The van der Waals surface area contributed by atoms with Gasteiger partial charge in [-0.2, -0.15) is 0 Å². The number of aromatic nitrogens is 1. The van der Waals surface area contributed by atoms with Gasteiger partial charge in [0.1, 0.15) is 36.0 Å². The van der Waals surface area contributed by atoms with Gasteiger partial charge in [0.05, 0.1) is 18.3 Å². The summed E-state index contributed by atoms with van der Waals surface area (Å²) in [5.41, 5.74) is 3.25. The summed E-state index contributed by atoms with van der Waals surface area (Å²) in [4.78, 5) is 16.3. The minimum Gasteiger partial charge on any atom is -0.496 e. The molecule has 32 heavy (non-hydrogen) atoms. The van der Waals surface area contributed by atoms with Crippen LogP contribution in [0, 0.1) is 6.92 Å². The van der Waals surface area contributed by atoms with E-state index in [0.717, 1.165) is 22.2 Å². The Balaban J connectivity index is 1.44. The van der Waals surface area contributed by atoms with Gasteiger partial charge in [0.2, 0.25) is 0 Å². The molecule has 0 aliphatic heterocycles. The molecule has 0 unspecified atom stereocenters. The predicted octanol–water partition coefficient (Wildman–Crippen LogP) is 5.41. The van der Waals surface area contributed by atoms with Crippen molar-refractivity contribution in [2.75, 3.05) is 7.11 Å². The van der Waals surface area contributed by atoms with E-state index in [9.17, 15) is 9.90 Å². The van der Waals surface area contributed by atoms with Crippen molar-refractivity contribution < 1.29 is 24.1 Å². The Bertz CT molecular complexity index is 1270. The average molecular weight is 429 g/mol. The Morgan fingerprint density at radius 2 is 1.72 bits per heavy atom. The minimum absolute atomic E-state index is 0.0964. The summed E-state index contributed by atoms with van der Waals surface area (Å²) in [6.45, 7) is 2.25. The molecule has 162 valence electrons. The standard InChI is InChI=1S/C26H23NO5/c1-17-23(30-2)12-13-24(25(17)26(28)29)32-15-18-6-5-8-21(14-18)31-16-20-11-10-19-7-3-4-9-22(19)27-20/h3-14H,15-16H2,1-2H3,(H,28,29). The van der Waals surface area contributed by atoms with E-state index in [0.29, 0.717) is 29.4 Å². The number of hydrogen-bond donors (Lipinski definition) is 1. The molecule has 6 nitrogen and oxygen atoms in total. The number of aromatic carboxylic acids is 1. The second-order valence-corrected chi connectivity index (χ2v) is 7.29. The van der Waals surface area contributed by atoms with Gasteiger partial charge in [-0.3, -0.25) is 0 Å². The fourth-order valence-electron chi connectivity index (χ4n) is 3.51. The van der Waals surface area contributed by atoms with E-state index in [1.807, 2.05) is 60.7 Å². The molecule has 6 heteroatoms. The number of carboxylic acid groups (broad SMARTS) is 1. The fraction of sp³-hybridized carbons (Fsp3) is 0.154. The van der Waals surface area contributed by atoms with Crippen LogP contribution in [0.1, 0.15) is 27.2 Å². The molecule has 0 radical (unpaired) electrons. The van der Waals surface area contributed by atoms with E-state index in [1.165, 1.54) is 7.11 Å². The minimum atomic E-state index is -1.06. The maximum atomic E-state index is 11.7. The van der Waals surface area contributed by atoms with Crippen molar-refractivity contribution in [3.8, 4) is 17.2 Å². The molecule has 0 saturated carbocycles. The normalized spacial score (nSPS) is 10.7. The first-order valence-electron chi connectivity index (χ1n) is 10.2. The first kappa shape index (κ1) is 21.2. The van der Waals surface area contributed by atoms with Gasteiger partial charge < -0.3 is 19.3 Å². The molecule has 0 spiro atoms. The van der Waals surface area contributed by atoms with E-state index in [4.69, 9.17) is 14.2 Å². The third-order valence-corrected chi connectivity index (χ3v) is 5.15. The van der Waals surface area contributed by atoms with Crippen LogP contribution >= 0.6 is 0 Å². The van der Waals surface area contributed by atoms with Crippen LogP contribution < -0.4 is 14.2 Å². The van der Waals surface area contributed by atoms with Crippen LogP contribution in [-0.2, 0) is 13.2 Å². The summed E-state index contributed by atoms with van der Waals surface area (Å²) in [5, 5.41) is 10.7. The van der Waals surface area contributed by atoms with Crippen LogP contribution in [0.5, 0.6) is 17.2 Å². The number of carbonyl (C=O) groups is 1. The van der Waals surface area contributed by atoms with E-state index in [-0.39, 0.29) is 12.2 Å². The van der Waals surface area contributed by atoms with Crippen LogP contribution in [0.2, 0.25) is 0 Å². The topological polar surface area (TPSA) is 77.9 Å². The lowest BCUT2D eigenvalue weighted by Crippen LogP contribution is -2.07. The Morgan fingerprint density at radius 1 is 0.906 bits per heavy atom. The Hall–Kier alpha value is -4.06. The van der Waals surface area contributed by atoms with Gasteiger partial charge in [0.15, 0.2) is 0 Å². The van der Waals surface area contributed by atoms with Crippen LogP contribution in [0.4, 0.5) is 0 Å². The lowest BCUT2D eigenvalue weighted by Gasteiger charge is -2.14. The highest BCUT2D eigenvalue weighted by atomic mass is 16.5. The lowest BCUT2D eigenvalue weighted by atomic mass is 10.1. The molecule has 0 saturated heterocycles. The number of benzene rings is 3. The predicted molar refractivity (Wildman–Crippen MR) is 122 cm³/mol. The number of fused-ring (bicyclic) bond motifs is 1. The number of pyridine rings is 1. The van der Waals surface area contributed by atoms with Crippen LogP contribution in [0.25, 0.3) is 10.9 Å². The number of carboxylic acids is 1. The maximum Gasteiger partial charge on any atom is 0.339 e. The Kier molecular flexibility index (Phi) is 6.22. The summed E-state index contributed by atoms with van der Waals surface area (Å²) >= 11 is 0. The van der Waals surface area contributed by atoms with Crippen LogP contribution in [0.15, 0.2) is 72.8 Å². The third-order valence-electron chi connectivity index (χ3n) is 5.15. The maximum absolute atomic E-state index is 11.7. The molecular weight excluding hydrogens is 406 g/mol. The monoisotopic (exact) mass is 429 g/mol. The summed E-state index contributed by atoms with van der Waals surface area (Å²) in [5.74, 6) is 0.428. The molecule has 4 aromatic rings. The van der Waals surface area contributed by atoms with Gasteiger partial charge in [-0.1, -0.05) is 36.4 Å². The number of para-hydroxylation sites is 1. The van der Waals surface area contributed by atoms with Crippen LogP contribution in [-0.4, -0.2) is 23.2 Å². The summed E-state index contributed by atoms with van der Waals surface area (Å²) in [7, 11) is 1.51. The largest absolute Gasteiger partial charge is 0.496 e. The van der Waals surface area contributed by atoms with Crippen LogP contribution in [0.3, 0.4) is 0 Å². The van der Waals surface area contributed by atoms with Gasteiger partial charge in [-0.05, 0) is 48.9 Å². The number of ether oxygens (including phenoxy) is 3. The third kappa shape index (κ3) is 4.64. The molecule has 0 amide bonds. The smallest absolute Gasteiger partial charge is 0.339 e. The second kappa shape index (κ2) is 9.39. The lowest BCUT2D eigenvalue weighted by molar-refractivity contribution is 0.0690. The first-order chi connectivity index (χ1) is 15.5. The number of methoxy groups -OCH3 is 1. The molecule has 4 rings (SSSR count). The number of hydrogen-bond acceptors (Lipinski definition) is 5. The number of nitrogens with zero attached hydrogens (tertiary/aromatic N) is 1. The zero-order valence-electron chi connectivity index (χ0n) is 17.9. The van der Waals surface area contributed by atoms with Crippen molar-refractivity contribution in [1.29, 1.82) is 0 Å². The van der Waals surface area contributed by atoms with Crippen molar-refractivity contribution in [3.63, 3.8) is 0 Å². The number of rotatable bonds is 8. The van der Waals surface area contributed by atoms with Crippen molar-refractivity contribution in [3.05, 3.63) is 95.2 Å². The SMILES string of the molecule is COc1ccc(OCc2cccc(OCc3ccc4ccccc4n3)c2)c(C(=O)O)c1C. The quantitative estimate of drug-likeness (QED) is 0.404. The van der Waals surface area contributed by atoms with Gasteiger partial charge in [0.25, 0.3) is 0 Å². The molecule has 0 aliphatic rings. The average Bonchev–Trinajstić information content (AvgIpc) is 2.81. The molecule has 0 aliphatic carbocycles. The van der Waals surface area contributed by atoms with E-state index < -0.39 is 5.97 Å². The summed E-state index contributed by atoms with van der Waals surface area (Å²) in [6, 6.07) is 22.8. The van der Waals surface area contributed by atoms with E-state index in [1.54, 1.807) is 19.1 Å². The molecule has 0 bridgehead atoms. The molecule has 3 aromatic carbocycles. The van der Waals surface area contributed by atoms with Gasteiger partial charge in [0, 0.05) is 10.9 Å². The van der Waals surface area contributed by atoms with Crippen molar-refractivity contribution in [1.82, 2.24) is 4.98 Å². The molecule has 1 N–H and O–H groups in total. The highest BCUT2D eigenvalue weighted by Gasteiger charge is 2.18. The van der Waals surface area contributed by atoms with Crippen molar-refractivity contribution >= 4 is 16.9 Å². The van der Waals surface area contributed by atoms with Crippen molar-refractivity contribution in [2.45, 2.75) is 20.1 Å². The molecular formula is C26H23NO5. The van der Waals surface area contributed by atoms with E-state index in [2.05, 4.69) is 4.98 Å². The molecule has 0 atom stereocenters.